The topological polar surface area (TPSA) is 220 Å². The number of hydrogen-bond acceptors (Lipinski definition) is 13. The quantitative estimate of drug-likeness (QED) is 0.0757. The Morgan fingerprint density at radius 3 is 2.51 bits per heavy atom. The predicted octanol–water partition coefficient (Wildman–Crippen LogP) is -5.23. The number of carbonyl (C=O) groups excluding carboxylic acids is 2. The second-order valence-electron chi connectivity index (χ2n) is 9.97. The summed E-state index contributed by atoms with van der Waals surface area (Å²) in [5, 5.41) is 71.0. The van der Waals surface area contributed by atoms with E-state index in [-0.39, 0.29) is 18.1 Å². The van der Waals surface area contributed by atoms with Gasteiger partial charge in [0.05, 0.1) is 57.1 Å². The molecule has 7 N–H and O–H groups in total. The molecule has 0 amide bonds. The number of esters is 1. The van der Waals surface area contributed by atoms with E-state index in [1.807, 2.05) is 0 Å². The van der Waals surface area contributed by atoms with Crippen molar-refractivity contribution in [3.05, 3.63) is 36.6 Å². The molecule has 14 nitrogen and oxygen atoms in total. The van der Waals surface area contributed by atoms with Crippen LogP contribution in [0.15, 0.2) is 36.6 Å². The van der Waals surface area contributed by atoms with Crippen molar-refractivity contribution in [3.63, 3.8) is 0 Å². The molecule has 0 bridgehead atoms. The van der Waals surface area contributed by atoms with Crippen LogP contribution in [0.4, 0.5) is 0 Å². The van der Waals surface area contributed by atoms with Crippen molar-refractivity contribution >= 4 is 11.9 Å². The number of hydrogen-bond donors (Lipinski definition) is 7. The van der Waals surface area contributed by atoms with Crippen molar-refractivity contribution < 1.29 is 69.2 Å². The van der Waals surface area contributed by atoms with Crippen LogP contribution in [0.25, 0.3) is 0 Å². The highest BCUT2D eigenvalue weighted by Gasteiger charge is 2.56. The van der Waals surface area contributed by atoms with Gasteiger partial charge in [0.25, 0.3) is 0 Å². The van der Waals surface area contributed by atoms with Gasteiger partial charge in [0.2, 0.25) is 12.1 Å². The van der Waals surface area contributed by atoms with Gasteiger partial charge in [-0.15, -0.1) is 6.58 Å². The van der Waals surface area contributed by atoms with Crippen LogP contribution in [0.3, 0.4) is 0 Å². The van der Waals surface area contributed by atoms with E-state index in [4.69, 9.17) is 18.9 Å². The highest BCUT2D eigenvalue weighted by molar-refractivity contribution is 5.89. The summed E-state index contributed by atoms with van der Waals surface area (Å²) in [5.74, 6) is -7.47. The monoisotopic (exact) mass is 559 g/mol. The first kappa shape index (κ1) is 31.1. The molecule has 2 saturated heterocycles. The Morgan fingerprint density at radius 2 is 1.92 bits per heavy atom. The van der Waals surface area contributed by atoms with Crippen molar-refractivity contribution in [1.29, 1.82) is 0 Å². The number of piperidine rings is 1. The van der Waals surface area contributed by atoms with Crippen LogP contribution in [0.2, 0.25) is 0 Å². The number of carboxylic acid groups (broad SMARTS) is 1. The number of aliphatic carboxylic acids is 1. The second-order valence-corrected chi connectivity index (χ2v) is 9.97. The van der Waals surface area contributed by atoms with Gasteiger partial charge < -0.3 is 64.4 Å². The Morgan fingerprint density at radius 1 is 1.21 bits per heavy atom. The normalized spacial score (nSPS) is 38.5. The van der Waals surface area contributed by atoms with Crippen LogP contribution >= 0.6 is 0 Å². The number of carboxylic acids is 1. The molecule has 3 unspecified atom stereocenters. The highest BCUT2D eigenvalue weighted by atomic mass is 16.8. The average molecular weight is 560 g/mol. The summed E-state index contributed by atoms with van der Waals surface area (Å²) in [5.41, 5.74) is 0.0951. The summed E-state index contributed by atoms with van der Waals surface area (Å²) in [6, 6.07) is 0. The molecule has 0 aromatic carbocycles. The van der Waals surface area contributed by atoms with E-state index in [1.54, 1.807) is 12.2 Å². The summed E-state index contributed by atoms with van der Waals surface area (Å²) in [6.07, 6.45) is -2.48. The van der Waals surface area contributed by atoms with Gasteiger partial charge in [-0.25, -0.2) is 4.79 Å². The van der Waals surface area contributed by atoms with Crippen LogP contribution < -0.4 is 10.0 Å². The smallest absolute Gasteiger partial charge is 0.337 e. The molecule has 14 heteroatoms. The summed E-state index contributed by atoms with van der Waals surface area (Å²) in [7, 11) is 1.19. The lowest BCUT2D eigenvalue weighted by molar-refractivity contribution is -0.911. The molecule has 0 spiro atoms. The maximum atomic E-state index is 12.5. The van der Waals surface area contributed by atoms with E-state index in [1.165, 1.54) is 13.2 Å². The largest absolute Gasteiger partial charge is 0.550 e. The number of aliphatic hydroxyl groups is 6. The first-order chi connectivity index (χ1) is 18.5. The molecule has 10 atom stereocenters. The number of rotatable bonds is 10. The van der Waals surface area contributed by atoms with E-state index < -0.39 is 73.0 Å². The SMILES string of the molecule is C=C[C@H]1[C@H](O[C@H]2O[C@H](CO)[C@@H](O)C(O)(O)[C@H]2O)OC=C(C(=O)OC)[C@H]1C=CC1CC(C(=O)[O-])C[NH+](CCO)C1. The molecule has 0 aliphatic carbocycles. The van der Waals surface area contributed by atoms with Crippen LogP contribution in [-0.2, 0) is 28.5 Å². The number of carbonyl (C=O) groups is 2. The molecule has 0 aromatic heterocycles. The van der Waals surface area contributed by atoms with Crippen LogP contribution in [0.5, 0.6) is 0 Å². The van der Waals surface area contributed by atoms with Gasteiger partial charge >= 0.3 is 5.97 Å². The third-order valence-electron chi connectivity index (χ3n) is 7.41. The second kappa shape index (κ2) is 13.3. The number of likely N-dealkylation sites (tertiary alicyclic amines) is 1. The zero-order valence-corrected chi connectivity index (χ0v) is 21.5. The number of allylic oxidation sites excluding steroid dienone is 1. The Hall–Kier alpha value is -2.40. The minimum absolute atomic E-state index is 0.0951. The van der Waals surface area contributed by atoms with Crippen molar-refractivity contribution in [2.45, 2.75) is 43.1 Å². The number of methoxy groups -OCH3 is 1. The standard InChI is InChI=1S/C25H37NO13/c1-3-15-16(5-4-13-8-14(21(31)32)10-26(9-13)6-7-27)17(22(33)36-2)12-37-23(15)39-24-20(30)25(34,35)19(29)18(11-28)38-24/h3-5,12-16,18-20,23-24,27-30,34-35H,1,6-11H2,2H3,(H,31,32)/t13?,14?,15-,16+,18-,19-,20+,23+,24-/m1/s1. The fourth-order valence-electron chi connectivity index (χ4n) is 5.25. The van der Waals surface area contributed by atoms with Crippen molar-refractivity contribution in [2.75, 3.05) is 40.0 Å². The third kappa shape index (κ3) is 6.85. The van der Waals surface area contributed by atoms with Crippen LogP contribution in [-0.4, -0.2) is 119 Å². The molecule has 3 aliphatic heterocycles. The third-order valence-corrected chi connectivity index (χ3v) is 7.41. The summed E-state index contributed by atoms with van der Waals surface area (Å²) >= 11 is 0. The summed E-state index contributed by atoms with van der Waals surface area (Å²) < 4.78 is 21.4. The molecule has 3 rings (SSSR count). The molecule has 2 fully saturated rings. The fourth-order valence-corrected chi connectivity index (χ4v) is 5.25. The fraction of sp³-hybridized carbons (Fsp3) is 0.680. The van der Waals surface area contributed by atoms with E-state index in [0.29, 0.717) is 26.1 Å². The molecular formula is C25H37NO13. The molecule has 0 aromatic rings. The minimum Gasteiger partial charge on any atom is -0.550 e. The summed E-state index contributed by atoms with van der Waals surface area (Å²) in [6.45, 7) is 4.10. The van der Waals surface area contributed by atoms with Crippen LogP contribution in [0.1, 0.15) is 6.42 Å². The molecule has 220 valence electrons. The number of nitrogens with one attached hydrogen (secondary N) is 1. The molecule has 3 heterocycles. The Balaban J connectivity index is 1.86. The number of aliphatic hydroxyl groups excluding tert-OH is 4. The Kier molecular flexibility index (Phi) is 10.6. The Labute approximate surface area is 225 Å². The van der Waals surface area contributed by atoms with Crippen molar-refractivity contribution in [1.82, 2.24) is 0 Å². The van der Waals surface area contributed by atoms with Gasteiger partial charge in [-0.05, 0) is 6.42 Å². The van der Waals surface area contributed by atoms with Gasteiger partial charge in [0.1, 0.15) is 18.8 Å². The highest BCUT2D eigenvalue weighted by Crippen LogP contribution is 2.37. The number of ether oxygens (including phenoxy) is 4. The van der Waals surface area contributed by atoms with Gasteiger partial charge in [0.15, 0.2) is 12.4 Å². The van der Waals surface area contributed by atoms with Crippen molar-refractivity contribution in [3.8, 4) is 0 Å². The molecule has 0 saturated carbocycles. The molecule has 3 aliphatic rings. The molecule has 0 radical (unpaired) electrons. The molecule has 39 heavy (non-hydrogen) atoms. The van der Waals surface area contributed by atoms with E-state index in [9.17, 15) is 45.3 Å². The maximum Gasteiger partial charge on any atom is 0.337 e. The lowest BCUT2D eigenvalue weighted by atomic mass is 9.81. The first-order valence-electron chi connectivity index (χ1n) is 12.6. The maximum absolute atomic E-state index is 12.5. The van der Waals surface area contributed by atoms with Gasteiger partial charge in [-0.1, -0.05) is 18.2 Å². The van der Waals surface area contributed by atoms with E-state index in [2.05, 4.69) is 6.58 Å². The lowest BCUT2D eigenvalue weighted by Crippen LogP contribution is -3.15. The number of quaternary nitrogens is 1. The van der Waals surface area contributed by atoms with Crippen LogP contribution in [0, 0.1) is 23.7 Å². The molecular weight excluding hydrogens is 522 g/mol. The minimum atomic E-state index is -3.07. The predicted molar refractivity (Wildman–Crippen MR) is 127 cm³/mol. The first-order valence-corrected chi connectivity index (χ1v) is 12.6. The van der Waals surface area contributed by atoms with E-state index in [0.717, 1.165) is 11.2 Å². The van der Waals surface area contributed by atoms with E-state index >= 15 is 0 Å². The zero-order valence-electron chi connectivity index (χ0n) is 21.5. The zero-order chi connectivity index (χ0) is 28.9. The van der Waals surface area contributed by atoms with Gasteiger partial charge in [-0.2, -0.15) is 0 Å². The lowest BCUT2D eigenvalue weighted by Gasteiger charge is -2.46. The van der Waals surface area contributed by atoms with Crippen molar-refractivity contribution in [2.24, 2.45) is 23.7 Å². The van der Waals surface area contributed by atoms with Gasteiger partial charge in [-0.3, -0.25) is 0 Å². The average Bonchev–Trinajstić information content (AvgIpc) is 2.91. The summed E-state index contributed by atoms with van der Waals surface area (Å²) in [4.78, 5) is 25.0. The van der Waals surface area contributed by atoms with Gasteiger partial charge in [0, 0.05) is 17.8 Å². The Bertz CT molecular complexity index is 937.